The third kappa shape index (κ3) is 5.69. The first kappa shape index (κ1) is 25.2. The zero-order valence-electron chi connectivity index (χ0n) is 20.3. The summed E-state index contributed by atoms with van der Waals surface area (Å²) in [6.07, 6.45) is 1.40. The topological polar surface area (TPSA) is 87.2 Å². The fourth-order valence-electron chi connectivity index (χ4n) is 4.19. The Balaban J connectivity index is 1.72. The standard InChI is InChI=1S/C27H32N2O5S/c1-19-16-29(20(2)18-30)35(32,33)26-14-11-22(10-9-21-7-5-4-6-8-21)15-24(26)34-25(19)17-28(3)27(31)23-12-13-23/h4-8,11,14-15,19-20,23,25,30H,12-13,16-18H2,1-3H3/t19-,20+,25-/m0/s1. The maximum Gasteiger partial charge on any atom is 0.247 e. The maximum absolute atomic E-state index is 13.6. The lowest BCUT2D eigenvalue weighted by Crippen LogP contribution is -2.50. The smallest absolute Gasteiger partial charge is 0.247 e. The fourth-order valence-corrected chi connectivity index (χ4v) is 6.01. The molecule has 8 heteroatoms. The van der Waals surface area contributed by atoms with Gasteiger partial charge in [-0.25, -0.2) is 8.42 Å². The quantitative estimate of drug-likeness (QED) is 0.644. The van der Waals surface area contributed by atoms with Crippen molar-refractivity contribution in [1.29, 1.82) is 0 Å². The van der Waals surface area contributed by atoms with Crippen LogP contribution in [0.1, 0.15) is 37.8 Å². The van der Waals surface area contributed by atoms with E-state index in [4.69, 9.17) is 4.74 Å². The minimum atomic E-state index is -3.92. The molecule has 0 saturated heterocycles. The van der Waals surface area contributed by atoms with E-state index >= 15 is 0 Å². The van der Waals surface area contributed by atoms with Crippen molar-refractivity contribution in [3.05, 3.63) is 59.7 Å². The van der Waals surface area contributed by atoms with Crippen LogP contribution in [-0.2, 0) is 14.8 Å². The van der Waals surface area contributed by atoms with Gasteiger partial charge in [0.15, 0.2) is 0 Å². The molecule has 1 amide bonds. The number of hydrogen-bond acceptors (Lipinski definition) is 5. The molecule has 0 unspecified atom stereocenters. The highest BCUT2D eigenvalue weighted by Crippen LogP contribution is 2.35. The Morgan fingerprint density at radius 1 is 1.17 bits per heavy atom. The molecule has 1 heterocycles. The lowest BCUT2D eigenvalue weighted by molar-refractivity contribution is -0.132. The third-order valence-electron chi connectivity index (χ3n) is 6.55. The molecule has 2 aromatic rings. The molecule has 4 rings (SSSR count). The largest absolute Gasteiger partial charge is 0.487 e. The number of fused-ring (bicyclic) bond motifs is 1. The normalized spacial score (nSPS) is 22.4. The minimum Gasteiger partial charge on any atom is -0.487 e. The summed E-state index contributed by atoms with van der Waals surface area (Å²) < 4.78 is 34.8. The van der Waals surface area contributed by atoms with Crippen molar-refractivity contribution in [2.24, 2.45) is 11.8 Å². The number of carbonyl (C=O) groups is 1. The Bertz CT molecular complexity index is 1230. The van der Waals surface area contributed by atoms with Gasteiger partial charge in [0.25, 0.3) is 0 Å². The predicted octanol–water partition coefficient (Wildman–Crippen LogP) is 2.72. The van der Waals surface area contributed by atoms with Gasteiger partial charge in [0.1, 0.15) is 16.7 Å². The Kier molecular flexibility index (Phi) is 7.50. The summed E-state index contributed by atoms with van der Waals surface area (Å²) in [5, 5.41) is 9.78. The molecular formula is C27H32N2O5S. The van der Waals surface area contributed by atoms with E-state index in [0.717, 1.165) is 18.4 Å². The number of likely N-dealkylation sites (N-methyl/N-ethyl adjacent to an activating group) is 1. The molecule has 35 heavy (non-hydrogen) atoms. The van der Waals surface area contributed by atoms with Gasteiger partial charge in [-0.3, -0.25) is 4.79 Å². The van der Waals surface area contributed by atoms with Gasteiger partial charge in [-0.2, -0.15) is 4.31 Å². The molecule has 0 aromatic heterocycles. The Hall–Kier alpha value is -2.86. The summed E-state index contributed by atoms with van der Waals surface area (Å²) in [5.41, 5.74) is 1.47. The van der Waals surface area contributed by atoms with Crippen molar-refractivity contribution in [3.63, 3.8) is 0 Å². The van der Waals surface area contributed by atoms with Crippen molar-refractivity contribution in [2.45, 2.75) is 43.7 Å². The first-order valence-electron chi connectivity index (χ1n) is 12.0. The summed E-state index contributed by atoms with van der Waals surface area (Å²) in [4.78, 5) is 14.3. The highest BCUT2D eigenvalue weighted by atomic mass is 32.2. The Morgan fingerprint density at radius 3 is 2.51 bits per heavy atom. The van der Waals surface area contributed by atoms with Gasteiger partial charge < -0.3 is 14.7 Å². The van der Waals surface area contributed by atoms with Crippen molar-refractivity contribution < 1.29 is 23.1 Å². The second-order valence-electron chi connectivity index (χ2n) is 9.51. The molecular weight excluding hydrogens is 464 g/mol. The van der Waals surface area contributed by atoms with Crippen molar-refractivity contribution in [3.8, 4) is 17.6 Å². The number of carbonyl (C=O) groups excluding carboxylic acids is 1. The number of rotatable bonds is 5. The number of benzene rings is 2. The van der Waals surface area contributed by atoms with Gasteiger partial charge in [0.05, 0.1) is 13.2 Å². The molecule has 0 radical (unpaired) electrons. The molecule has 0 spiro atoms. The van der Waals surface area contributed by atoms with Crippen LogP contribution in [0.15, 0.2) is 53.4 Å². The average Bonchev–Trinajstić information content (AvgIpc) is 3.70. The molecule has 2 aromatic carbocycles. The molecule has 2 aliphatic rings. The maximum atomic E-state index is 13.6. The third-order valence-corrected chi connectivity index (χ3v) is 8.57. The van der Waals surface area contributed by atoms with Crippen LogP contribution in [0.5, 0.6) is 5.75 Å². The first-order valence-corrected chi connectivity index (χ1v) is 13.4. The molecule has 1 N–H and O–H groups in total. The summed E-state index contributed by atoms with van der Waals surface area (Å²) in [6.45, 7) is 3.82. The van der Waals surface area contributed by atoms with Crippen molar-refractivity contribution in [2.75, 3.05) is 26.7 Å². The number of aliphatic hydroxyl groups is 1. The SMILES string of the molecule is C[C@H](CO)N1C[C@H](C)[C@H](CN(C)C(=O)C2CC2)Oc2cc(C#Cc3ccccc3)ccc2S1(=O)=O. The summed E-state index contributed by atoms with van der Waals surface area (Å²) in [7, 11) is -2.16. The summed E-state index contributed by atoms with van der Waals surface area (Å²) in [5.74, 6) is 6.34. The van der Waals surface area contributed by atoms with Gasteiger partial charge in [-0.15, -0.1) is 0 Å². The van der Waals surface area contributed by atoms with E-state index in [0.29, 0.717) is 12.1 Å². The van der Waals surface area contributed by atoms with Gasteiger partial charge in [0.2, 0.25) is 15.9 Å². The molecule has 1 aliphatic carbocycles. The van der Waals surface area contributed by atoms with Crippen LogP contribution in [0, 0.1) is 23.7 Å². The number of aliphatic hydroxyl groups excluding tert-OH is 1. The lowest BCUT2D eigenvalue weighted by Gasteiger charge is -2.37. The van der Waals surface area contributed by atoms with Crippen LogP contribution in [0.4, 0.5) is 0 Å². The number of sulfonamides is 1. The lowest BCUT2D eigenvalue weighted by atomic mass is 10.0. The molecule has 0 bridgehead atoms. The van der Waals surface area contributed by atoms with Gasteiger partial charge >= 0.3 is 0 Å². The molecule has 1 saturated carbocycles. The fraction of sp³-hybridized carbons (Fsp3) is 0.444. The highest BCUT2D eigenvalue weighted by Gasteiger charge is 2.39. The summed E-state index contributed by atoms with van der Waals surface area (Å²) >= 11 is 0. The molecule has 3 atom stereocenters. The van der Waals surface area contributed by atoms with Crippen LogP contribution >= 0.6 is 0 Å². The van der Waals surface area contributed by atoms with E-state index in [1.807, 2.05) is 37.3 Å². The zero-order chi connectivity index (χ0) is 25.2. The monoisotopic (exact) mass is 496 g/mol. The second-order valence-corrected chi connectivity index (χ2v) is 11.4. The molecule has 1 aliphatic heterocycles. The van der Waals surface area contributed by atoms with E-state index in [1.165, 1.54) is 10.4 Å². The van der Waals surface area contributed by atoms with Crippen LogP contribution in [-0.4, -0.2) is 67.5 Å². The van der Waals surface area contributed by atoms with Crippen molar-refractivity contribution in [1.82, 2.24) is 9.21 Å². The van der Waals surface area contributed by atoms with Gasteiger partial charge in [-0.1, -0.05) is 37.0 Å². The van der Waals surface area contributed by atoms with Crippen LogP contribution in [0.2, 0.25) is 0 Å². The number of nitrogens with zero attached hydrogens (tertiary/aromatic N) is 2. The molecule has 1 fully saturated rings. The second kappa shape index (κ2) is 10.4. The van der Waals surface area contributed by atoms with Crippen LogP contribution in [0.3, 0.4) is 0 Å². The number of hydrogen-bond donors (Lipinski definition) is 1. The van der Waals surface area contributed by atoms with E-state index < -0.39 is 22.2 Å². The van der Waals surface area contributed by atoms with Crippen LogP contribution in [0.25, 0.3) is 0 Å². The minimum absolute atomic E-state index is 0.0381. The summed E-state index contributed by atoms with van der Waals surface area (Å²) in [6, 6.07) is 13.8. The van der Waals surface area contributed by atoms with E-state index in [2.05, 4.69) is 11.8 Å². The predicted molar refractivity (Wildman–Crippen MR) is 133 cm³/mol. The molecule has 7 nitrogen and oxygen atoms in total. The van der Waals surface area contributed by atoms with E-state index in [-0.39, 0.29) is 41.5 Å². The van der Waals surface area contributed by atoms with E-state index in [9.17, 15) is 18.3 Å². The van der Waals surface area contributed by atoms with Gasteiger partial charge in [-0.05, 0) is 50.1 Å². The Labute approximate surface area is 207 Å². The first-order chi connectivity index (χ1) is 16.7. The van der Waals surface area contributed by atoms with Gasteiger partial charge in [0, 0.05) is 42.6 Å². The van der Waals surface area contributed by atoms with Crippen LogP contribution < -0.4 is 4.74 Å². The Morgan fingerprint density at radius 2 is 1.86 bits per heavy atom. The van der Waals surface area contributed by atoms with Crippen molar-refractivity contribution >= 4 is 15.9 Å². The number of ether oxygens (including phenoxy) is 1. The van der Waals surface area contributed by atoms with E-state index in [1.54, 1.807) is 31.0 Å². The average molecular weight is 497 g/mol. The zero-order valence-corrected chi connectivity index (χ0v) is 21.2. The number of amides is 1. The molecule has 186 valence electrons. The highest BCUT2D eigenvalue weighted by molar-refractivity contribution is 7.89.